The summed E-state index contributed by atoms with van der Waals surface area (Å²) in [4.78, 5) is 24.7. The van der Waals surface area contributed by atoms with E-state index in [0.29, 0.717) is 41.9 Å². The van der Waals surface area contributed by atoms with Crippen molar-refractivity contribution in [3.05, 3.63) is 23.8 Å². The third-order valence-corrected chi connectivity index (χ3v) is 4.10. The van der Waals surface area contributed by atoms with Crippen LogP contribution in [0.3, 0.4) is 0 Å². The molecule has 0 saturated heterocycles. The van der Waals surface area contributed by atoms with Gasteiger partial charge in [-0.25, -0.2) is 0 Å². The second kappa shape index (κ2) is 10.5. The second-order valence-corrected chi connectivity index (χ2v) is 7.65. The Labute approximate surface area is 159 Å². The molecule has 0 heterocycles. The monoisotopic (exact) mass is 382 g/mol. The third-order valence-electron chi connectivity index (χ3n) is 3.66. The quantitative estimate of drug-likeness (QED) is 0.382. The lowest BCUT2D eigenvalue weighted by molar-refractivity contribution is -0.118. The van der Waals surface area contributed by atoms with E-state index >= 15 is 0 Å². The number of hydrogen-bond acceptors (Lipinski definition) is 7. The van der Waals surface area contributed by atoms with Crippen molar-refractivity contribution in [2.75, 3.05) is 19.0 Å². The van der Waals surface area contributed by atoms with Gasteiger partial charge in [0.15, 0.2) is 0 Å². The van der Waals surface area contributed by atoms with E-state index in [2.05, 4.69) is 10.6 Å². The number of benzene rings is 1. The third kappa shape index (κ3) is 7.33. The molecule has 0 aliphatic carbocycles. The first kappa shape index (κ1) is 22.4. The number of unbranched alkanes of at least 4 members (excludes halogenated alkanes) is 1. The molecule has 146 valence electrons. The number of amides is 1. The van der Waals surface area contributed by atoms with Crippen molar-refractivity contribution in [2.45, 2.75) is 51.6 Å². The van der Waals surface area contributed by atoms with Crippen molar-refractivity contribution >= 4 is 28.7 Å². The van der Waals surface area contributed by atoms with Crippen molar-refractivity contribution < 1.29 is 14.3 Å². The van der Waals surface area contributed by atoms with Crippen LogP contribution < -0.4 is 26.2 Å². The lowest BCUT2D eigenvalue weighted by atomic mass is 10.0. The second-order valence-electron chi connectivity index (χ2n) is 7.04. The standard InChI is InChI=1S/C18H30N4O3S/c1-18(2,3)22-14(7-5-6-10-19)16(23)21-12-8-9-15(25-4)13(11-12)17(24)26-20/h8-9,11,14,22H,5-7,10,19-20H2,1-4H3,(H,21,23). The zero-order chi connectivity index (χ0) is 19.7. The molecule has 1 unspecified atom stereocenters. The van der Waals surface area contributed by atoms with Gasteiger partial charge in [0.2, 0.25) is 11.0 Å². The van der Waals surface area contributed by atoms with Gasteiger partial charge in [-0.15, -0.1) is 0 Å². The van der Waals surface area contributed by atoms with E-state index in [4.69, 9.17) is 15.6 Å². The van der Waals surface area contributed by atoms with Crippen molar-refractivity contribution in [1.29, 1.82) is 0 Å². The Kier molecular flexibility index (Phi) is 9.07. The highest BCUT2D eigenvalue weighted by Crippen LogP contribution is 2.25. The summed E-state index contributed by atoms with van der Waals surface area (Å²) in [6.45, 7) is 6.64. The van der Waals surface area contributed by atoms with Crippen LogP contribution in [0, 0.1) is 0 Å². The van der Waals surface area contributed by atoms with Crippen molar-refractivity contribution in [3.63, 3.8) is 0 Å². The van der Waals surface area contributed by atoms with Gasteiger partial charge >= 0.3 is 0 Å². The summed E-state index contributed by atoms with van der Waals surface area (Å²) in [5, 5.41) is 11.2. The first-order valence-corrected chi connectivity index (χ1v) is 9.47. The fourth-order valence-corrected chi connectivity index (χ4v) is 2.81. The van der Waals surface area contributed by atoms with E-state index in [9.17, 15) is 9.59 Å². The van der Waals surface area contributed by atoms with Crippen molar-refractivity contribution in [3.8, 4) is 5.75 Å². The Hall–Kier alpha value is -1.61. The molecule has 0 aliphatic rings. The fraction of sp³-hybridized carbons (Fsp3) is 0.556. The highest BCUT2D eigenvalue weighted by Gasteiger charge is 2.24. The number of nitrogens with two attached hydrogens (primary N) is 2. The van der Waals surface area contributed by atoms with E-state index in [-0.39, 0.29) is 22.6 Å². The van der Waals surface area contributed by atoms with E-state index in [1.54, 1.807) is 18.2 Å². The zero-order valence-corrected chi connectivity index (χ0v) is 16.7. The molecule has 26 heavy (non-hydrogen) atoms. The first-order chi connectivity index (χ1) is 12.2. The molecule has 0 saturated carbocycles. The molecule has 0 aliphatic heterocycles. The first-order valence-electron chi connectivity index (χ1n) is 8.59. The topological polar surface area (TPSA) is 119 Å². The van der Waals surface area contributed by atoms with Crippen LogP contribution in [0.25, 0.3) is 0 Å². The molecule has 0 radical (unpaired) electrons. The molecule has 1 amide bonds. The Morgan fingerprint density at radius 2 is 1.96 bits per heavy atom. The SMILES string of the molecule is COc1ccc(NC(=O)C(CCCCN)NC(C)(C)C)cc1C(=O)SN. The van der Waals surface area contributed by atoms with Crippen LogP contribution in [0.1, 0.15) is 50.4 Å². The van der Waals surface area contributed by atoms with E-state index in [1.807, 2.05) is 20.8 Å². The van der Waals surface area contributed by atoms with E-state index in [0.717, 1.165) is 12.8 Å². The summed E-state index contributed by atoms with van der Waals surface area (Å²) in [5.74, 6) is 0.263. The fourth-order valence-electron chi connectivity index (χ4n) is 2.52. The molecule has 1 aromatic rings. The summed E-state index contributed by atoms with van der Waals surface area (Å²) in [6.07, 6.45) is 2.40. The predicted molar refractivity (Wildman–Crippen MR) is 107 cm³/mol. The van der Waals surface area contributed by atoms with Gasteiger partial charge in [-0.1, -0.05) is 6.42 Å². The summed E-state index contributed by atoms with van der Waals surface area (Å²) in [5.41, 5.74) is 6.19. The maximum absolute atomic E-state index is 12.7. The van der Waals surface area contributed by atoms with Gasteiger partial charge in [-0.2, -0.15) is 0 Å². The van der Waals surface area contributed by atoms with E-state index in [1.165, 1.54) is 7.11 Å². The minimum Gasteiger partial charge on any atom is -0.496 e. The number of rotatable bonds is 9. The van der Waals surface area contributed by atoms with Gasteiger partial charge in [-0.3, -0.25) is 14.7 Å². The van der Waals surface area contributed by atoms with Gasteiger partial charge in [0.25, 0.3) is 0 Å². The van der Waals surface area contributed by atoms with Crippen LogP contribution in [0.4, 0.5) is 5.69 Å². The molecule has 1 rings (SSSR count). The number of methoxy groups -OCH3 is 1. The van der Waals surface area contributed by atoms with Crippen LogP contribution >= 0.6 is 11.9 Å². The largest absolute Gasteiger partial charge is 0.496 e. The van der Waals surface area contributed by atoms with Gasteiger partial charge in [0.1, 0.15) is 5.75 Å². The molecule has 1 atom stereocenters. The Morgan fingerprint density at radius 3 is 2.50 bits per heavy atom. The van der Waals surface area contributed by atoms with Crippen LogP contribution in [-0.4, -0.2) is 36.3 Å². The zero-order valence-electron chi connectivity index (χ0n) is 15.9. The van der Waals surface area contributed by atoms with Gasteiger partial charge in [0.05, 0.1) is 18.7 Å². The maximum Gasteiger partial charge on any atom is 0.241 e. The van der Waals surface area contributed by atoms with Crippen LogP contribution in [-0.2, 0) is 4.79 Å². The van der Waals surface area contributed by atoms with Crippen LogP contribution in [0.5, 0.6) is 5.75 Å². The molecule has 0 spiro atoms. The Bertz CT molecular complexity index is 617. The normalized spacial score (nSPS) is 12.5. The van der Waals surface area contributed by atoms with Crippen molar-refractivity contribution in [1.82, 2.24) is 5.32 Å². The Morgan fingerprint density at radius 1 is 1.27 bits per heavy atom. The average molecular weight is 383 g/mol. The summed E-state index contributed by atoms with van der Waals surface area (Å²) >= 11 is 0.607. The average Bonchev–Trinajstić information content (AvgIpc) is 2.59. The highest BCUT2D eigenvalue weighted by atomic mass is 32.2. The number of ether oxygens (including phenoxy) is 1. The maximum atomic E-state index is 12.7. The minimum atomic E-state index is -0.355. The Balaban J connectivity index is 2.94. The molecule has 7 nitrogen and oxygen atoms in total. The van der Waals surface area contributed by atoms with Crippen LogP contribution in [0.2, 0.25) is 0 Å². The summed E-state index contributed by atoms with van der Waals surface area (Å²) in [6, 6.07) is 4.56. The minimum absolute atomic E-state index is 0.152. The molecular formula is C18H30N4O3S. The number of hydrogen-bond donors (Lipinski definition) is 4. The lowest BCUT2D eigenvalue weighted by Crippen LogP contribution is -2.49. The lowest BCUT2D eigenvalue weighted by Gasteiger charge is -2.28. The molecule has 6 N–H and O–H groups in total. The van der Waals surface area contributed by atoms with Gasteiger partial charge < -0.3 is 21.1 Å². The molecular weight excluding hydrogens is 352 g/mol. The summed E-state index contributed by atoms with van der Waals surface area (Å²) in [7, 11) is 1.48. The van der Waals surface area contributed by atoms with Gasteiger partial charge in [0, 0.05) is 11.2 Å². The molecule has 0 aromatic heterocycles. The number of nitrogens with one attached hydrogen (secondary N) is 2. The number of carbonyl (C=O) groups excluding carboxylic acids is 2. The smallest absolute Gasteiger partial charge is 0.241 e. The molecule has 1 aromatic carbocycles. The van der Waals surface area contributed by atoms with Gasteiger partial charge in [-0.05, 0) is 70.3 Å². The van der Waals surface area contributed by atoms with E-state index < -0.39 is 0 Å². The molecule has 0 fully saturated rings. The molecule has 8 heteroatoms. The van der Waals surface area contributed by atoms with Crippen LogP contribution in [0.15, 0.2) is 18.2 Å². The number of carbonyl (C=O) groups is 2. The van der Waals surface area contributed by atoms with Crippen molar-refractivity contribution in [2.24, 2.45) is 10.9 Å². The summed E-state index contributed by atoms with van der Waals surface area (Å²) < 4.78 is 5.18. The number of anilines is 1. The molecule has 0 bridgehead atoms. The highest BCUT2D eigenvalue weighted by molar-refractivity contribution is 8.12. The predicted octanol–water partition coefficient (Wildman–Crippen LogP) is 2.27.